The highest BCUT2D eigenvalue weighted by atomic mass is 19.1. The van der Waals surface area contributed by atoms with Gasteiger partial charge in [-0.05, 0) is 75.4 Å². The second-order valence-corrected chi connectivity index (χ2v) is 12.4. The van der Waals surface area contributed by atoms with Gasteiger partial charge in [-0.25, -0.2) is 9.37 Å². The van der Waals surface area contributed by atoms with Crippen molar-refractivity contribution >= 4 is 39.5 Å². The minimum Gasteiger partial charge on any atom is -0.349 e. The molecule has 0 radical (unpaired) electrons. The average molecular weight is 569 g/mol. The summed E-state index contributed by atoms with van der Waals surface area (Å²) in [5.41, 5.74) is 11.6. The van der Waals surface area contributed by atoms with Crippen molar-refractivity contribution in [1.82, 2.24) is 25.1 Å². The number of nitrogens with zero attached hydrogens (tertiary/aromatic N) is 6. The molecular formula is C32H37FN8O. The van der Waals surface area contributed by atoms with Crippen LogP contribution in [0, 0.1) is 19.7 Å². The summed E-state index contributed by atoms with van der Waals surface area (Å²) in [5, 5.41) is 9.50. The Labute approximate surface area is 244 Å². The fourth-order valence-corrected chi connectivity index (χ4v) is 6.74. The van der Waals surface area contributed by atoms with Gasteiger partial charge >= 0.3 is 0 Å². The molecule has 4 aromatic rings. The molecule has 0 bridgehead atoms. The number of benzene rings is 2. The molecule has 1 aliphatic carbocycles. The molecule has 2 aliphatic heterocycles. The van der Waals surface area contributed by atoms with Crippen LogP contribution in [0.5, 0.6) is 0 Å². The van der Waals surface area contributed by atoms with Crippen molar-refractivity contribution < 1.29 is 9.18 Å². The minimum atomic E-state index is -0.348. The molecule has 2 saturated heterocycles. The van der Waals surface area contributed by atoms with Crippen molar-refractivity contribution in [2.24, 2.45) is 5.73 Å². The SMILES string of the molecule is C=CC(=O)N1C[C@H](C)N(c2nc(N3CC(N)C3)nc3c(F)c(-c4c(C)ccc5n[nH]c(C6CC6)c45)c(C)cc23)C[C@H]1C. The summed E-state index contributed by atoms with van der Waals surface area (Å²) < 4.78 is 17.1. The molecule has 7 rings (SSSR count). The number of hydrogen-bond donors (Lipinski definition) is 2. The van der Waals surface area contributed by atoms with E-state index in [1.165, 1.54) is 6.08 Å². The van der Waals surface area contributed by atoms with Gasteiger partial charge in [0.05, 0.1) is 5.52 Å². The molecule has 3 N–H and O–H groups in total. The van der Waals surface area contributed by atoms with Gasteiger partial charge in [0.2, 0.25) is 11.9 Å². The van der Waals surface area contributed by atoms with Gasteiger partial charge in [-0.2, -0.15) is 10.1 Å². The Morgan fingerprint density at radius 1 is 1.07 bits per heavy atom. The quantitative estimate of drug-likeness (QED) is 0.340. The standard InChI is InChI=1S/C32H37FN8O/c1-6-24(42)40-12-19(5)41(13-18(40)4)31-22-11-17(3)26(28(33)30(22)35-32(36-31)39-14-21(34)15-39)25-16(2)7-10-23-27(25)29(38-37-23)20-8-9-20/h6-7,10-11,18-21H,1,8-9,12-15,34H2,2-5H3,(H,37,38)/t18-,19+/m1/s1. The molecular weight excluding hydrogens is 531 g/mol. The lowest BCUT2D eigenvalue weighted by molar-refractivity contribution is -0.128. The van der Waals surface area contributed by atoms with Crippen molar-refractivity contribution in [2.75, 3.05) is 36.0 Å². The predicted octanol–water partition coefficient (Wildman–Crippen LogP) is 4.57. The monoisotopic (exact) mass is 568 g/mol. The molecule has 2 aromatic heterocycles. The van der Waals surface area contributed by atoms with Gasteiger partial charge in [-0.3, -0.25) is 9.89 Å². The number of hydrogen-bond acceptors (Lipinski definition) is 7. The maximum Gasteiger partial charge on any atom is 0.246 e. The molecule has 42 heavy (non-hydrogen) atoms. The number of piperazine rings is 1. The number of fused-ring (bicyclic) bond motifs is 2. The van der Waals surface area contributed by atoms with Crippen LogP contribution >= 0.6 is 0 Å². The number of rotatable bonds is 5. The number of nitrogens with two attached hydrogens (primary N) is 1. The van der Waals surface area contributed by atoms with Crippen molar-refractivity contribution in [3.05, 3.63) is 53.5 Å². The van der Waals surface area contributed by atoms with Crippen LogP contribution in [0.15, 0.2) is 30.9 Å². The lowest BCUT2D eigenvalue weighted by Gasteiger charge is -2.45. The van der Waals surface area contributed by atoms with E-state index in [2.05, 4.69) is 28.6 Å². The Hall–Kier alpha value is -4.05. The van der Waals surface area contributed by atoms with Crippen LogP contribution < -0.4 is 15.5 Å². The number of anilines is 2. The lowest BCUT2D eigenvalue weighted by Crippen LogP contribution is -2.58. The van der Waals surface area contributed by atoms with Gasteiger partial charge in [0.1, 0.15) is 11.3 Å². The zero-order chi connectivity index (χ0) is 29.4. The van der Waals surface area contributed by atoms with Gasteiger partial charge in [0, 0.05) is 72.3 Å². The largest absolute Gasteiger partial charge is 0.349 e. The van der Waals surface area contributed by atoms with Gasteiger partial charge in [-0.1, -0.05) is 12.6 Å². The molecule has 10 heteroatoms. The van der Waals surface area contributed by atoms with Crippen molar-refractivity contribution in [1.29, 1.82) is 0 Å². The number of halogens is 1. The number of amides is 1. The van der Waals surface area contributed by atoms with E-state index in [-0.39, 0.29) is 29.8 Å². The van der Waals surface area contributed by atoms with E-state index in [1.807, 2.05) is 48.8 Å². The third-order valence-electron chi connectivity index (χ3n) is 9.20. The first-order valence-electron chi connectivity index (χ1n) is 14.8. The molecule has 2 aromatic carbocycles. The minimum absolute atomic E-state index is 0.0410. The number of H-pyrrole nitrogens is 1. The Kier molecular flexibility index (Phi) is 6.23. The topological polar surface area (TPSA) is 107 Å². The fourth-order valence-electron chi connectivity index (χ4n) is 6.74. The normalized spacial score (nSPS) is 21.3. The molecule has 3 fully saturated rings. The highest BCUT2D eigenvalue weighted by molar-refractivity contribution is 6.03. The van der Waals surface area contributed by atoms with Crippen LogP contribution in [-0.4, -0.2) is 75.3 Å². The van der Waals surface area contributed by atoms with Crippen LogP contribution in [0.4, 0.5) is 16.2 Å². The van der Waals surface area contributed by atoms with E-state index < -0.39 is 0 Å². The third kappa shape index (κ3) is 4.14. The van der Waals surface area contributed by atoms with Crippen molar-refractivity contribution in [3.63, 3.8) is 0 Å². The molecule has 1 saturated carbocycles. The molecule has 9 nitrogen and oxygen atoms in total. The first-order chi connectivity index (χ1) is 20.2. The number of carbonyl (C=O) groups excluding carboxylic acids is 1. The van der Waals surface area contributed by atoms with Crippen LogP contribution in [0.25, 0.3) is 32.9 Å². The Bertz CT molecular complexity index is 1760. The maximum absolute atomic E-state index is 17.1. The van der Waals surface area contributed by atoms with Crippen LogP contribution in [0.3, 0.4) is 0 Å². The first kappa shape index (κ1) is 26.8. The second-order valence-electron chi connectivity index (χ2n) is 12.4. The average Bonchev–Trinajstić information content (AvgIpc) is 3.71. The molecule has 0 spiro atoms. The number of carbonyl (C=O) groups is 1. The van der Waals surface area contributed by atoms with E-state index in [0.717, 1.165) is 46.1 Å². The summed E-state index contributed by atoms with van der Waals surface area (Å²) in [6, 6.07) is 5.99. The molecule has 4 heterocycles. The Morgan fingerprint density at radius 3 is 2.52 bits per heavy atom. The maximum atomic E-state index is 17.1. The number of nitrogens with one attached hydrogen (secondary N) is 1. The summed E-state index contributed by atoms with van der Waals surface area (Å²) >= 11 is 0. The third-order valence-corrected chi connectivity index (χ3v) is 9.20. The molecule has 2 atom stereocenters. The highest BCUT2D eigenvalue weighted by Crippen LogP contribution is 2.47. The smallest absolute Gasteiger partial charge is 0.246 e. The van der Waals surface area contributed by atoms with Gasteiger partial charge in [0.15, 0.2) is 5.82 Å². The van der Waals surface area contributed by atoms with E-state index in [1.54, 1.807) is 0 Å². The van der Waals surface area contributed by atoms with Crippen LogP contribution in [0.2, 0.25) is 0 Å². The molecule has 0 unspecified atom stereocenters. The summed E-state index contributed by atoms with van der Waals surface area (Å²) in [6.45, 7) is 14.1. The molecule has 218 valence electrons. The summed E-state index contributed by atoms with van der Waals surface area (Å²) in [5.74, 6) is 1.17. The zero-order valence-electron chi connectivity index (χ0n) is 24.6. The van der Waals surface area contributed by atoms with Crippen LogP contribution in [-0.2, 0) is 4.79 Å². The first-order valence-corrected chi connectivity index (χ1v) is 14.8. The fraction of sp³-hybridized carbons (Fsp3) is 0.438. The number of aromatic amines is 1. The lowest BCUT2D eigenvalue weighted by atomic mass is 9.90. The predicted molar refractivity (Wildman–Crippen MR) is 164 cm³/mol. The number of aryl methyl sites for hydroxylation is 2. The van der Waals surface area contributed by atoms with E-state index in [0.29, 0.717) is 60.3 Å². The van der Waals surface area contributed by atoms with Crippen molar-refractivity contribution in [3.8, 4) is 11.1 Å². The molecule has 1 amide bonds. The Balaban J connectivity index is 1.43. The summed E-state index contributed by atoms with van der Waals surface area (Å²) in [6.07, 6.45) is 3.59. The van der Waals surface area contributed by atoms with Crippen molar-refractivity contribution in [2.45, 2.75) is 64.6 Å². The summed E-state index contributed by atoms with van der Waals surface area (Å²) in [7, 11) is 0. The highest BCUT2D eigenvalue weighted by Gasteiger charge is 2.36. The second kappa shape index (κ2) is 9.76. The zero-order valence-corrected chi connectivity index (χ0v) is 24.6. The van der Waals surface area contributed by atoms with Gasteiger partial charge in [0.25, 0.3) is 0 Å². The van der Waals surface area contributed by atoms with Crippen LogP contribution in [0.1, 0.15) is 49.4 Å². The van der Waals surface area contributed by atoms with E-state index >= 15 is 4.39 Å². The van der Waals surface area contributed by atoms with E-state index in [4.69, 9.17) is 15.7 Å². The summed E-state index contributed by atoms with van der Waals surface area (Å²) in [4.78, 5) is 28.4. The van der Waals surface area contributed by atoms with Gasteiger partial charge in [-0.15, -0.1) is 0 Å². The van der Waals surface area contributed by atoms with Gasteiger partial charge < -0.3 is 20.4 Å². The molecule has 3 aliphatic rings. The van der Waals surface area contributed by atoms with E-state index in [9.17, 15) is 4.79 Å². The number of aromatic nitrogens is 4. The Morgan fingerprint density at radius 2 is 1.83 bits per heavy atom.